The Morgan fingerprint density at radius 1 is 1.05 bits per heavy atom. The van der Waals surface area contributed by atoms with E-state index in [1.807, 2.05) is 30.3 Å². The van der Waals surface area contributed by atoms with Crippen molar-refractivity contribution in [3.05, 3.63) is 127 Å². The van der Waals surface area contributed by atoms with Gasteiger partial charge in [0.2, 0.25) is 5.91 Å². The SMILES string of the molecule is O=C(Cc1c(-c2cccc([N+](=O)[O-])c2)cnn(CCc2ccccc2)c1=O)NCc1cc(Cl)ccc1CO. The van der Waals surface area contributed by atoms with E-state index in [0.29, 0.717) is 40.2 Å². The van der Waals surface area contributed by atoms with Crippen LogP contribution in [0.5, 0.6) is 0 Å². The van der Waals surface area contributed by atoms with Gasteiger partial charge in [0, 0.05) is 41.4 Å². The van der Waals surface area contributed by atoms with Gasteiger partial charge in [0.15, 0.2) is 0 Å². The first-order valence-electron chi connectivity index (χ1n) is 11.9. The highest BCUT2D eigenvalue weighted by Crippen LogP contribution is 2.25. The number of nitrogens with zero attached hydrogens (tertiary/aromatic N) is 3. The summed E-state index contributed by atoms with van der Waals surface area (Å²) in [5.41, 5.74) is 2.68. The van der Waals surface area contributed by atoms with Crippen LogP contribution in [-0.4, -0.2) is 25.7 Å². The van der Waals surface area contributed by atoms with Crippen LogP contribution in [0, 0.1) is 10.1 Å². The summed E-state index contributed by atoms with van der Waals surface area (Å²) in [7, 11) is 0. The fraction of sp³-hybridized carbons (Fsp3) is 0.179. The number of amides is 1. The summed E-state index contributed by atoms with van der Waals surface area (Å²) in [5.74, 6) is -0.432. The van der Waals surface area contributed by atoms with Gasteiger partial charge in [-0.3, -0.25) is 19.7 Å². The third-order valence-corrected chi connectivity index (χ3v) is 6.35. The van der Waals surface area contributed by atoms with Gasteiger partial charge >= 0.3 is 0 Å². The molecule has 0 aliphatic rings. The maximum absolute atomic E-state index is 13.5. The lowest BCUT2D eigenvalue weighted by molar-refractivity contribution is -0.384. The lowest BCUT2D eigenvalue weighted by Crippen LogP contribution is -2.32. The zero-order chi connectivity index (χ0) is 27.1. The molecule has 0 aliphatic carbocycles. The van der Waals surface area contributed by atoms with E-state index in [-0.39, 0.29) is 30.8 Å². The van der Waals surface area contributed by atoms with Crippen LogP contribution in [0.2, 0.25) is 5.02 Å². The smallest absolute Gasteiger partial charge is 0.271 e. The van der Waals surface area contributed by atoms with Gasteiger partial charge in [0.25, 0.3) is 11.2 Å². The standard InChI is InChI=1S/C28H25ClN4O5/c29-23-10-9-21(18-34)22(13-23)16-30-27(35)15-25-26(20-7-4-8-24(14-20)33(37)38)17-31-32(28(25)36)12-11-19-5-2-1-3-6-19/h1-10,13-14,17,34H,11-12,15-16,18H2,(H,30,35). The molecule has 38 heavy (non-hydrogen) atoms. The second-order valence-corrected chi connectivity index (χ2v) is 9.07. The molecular weight excluding hydrogens is 508 g/mol. The molecule has 2 N–H and O–H groups in total. The van der Waals surface area contributed by atoms with E-state index >= 15 is 0 Å². The van der Waals surface area contributed by atoms with Crippen molar-refractivity contribution in [2.24, 2.45) is 0 Å². The second kappa shape index (κ2) is 12.3. The Morgan fingerprint density at radius 3 is 2.58 bits per heavy atom. The molecule has 4 rings (SSSR count). The first kappa shape index (κ1) is 26.7. The monoisotopic (exact) mass is 532 g/mol. The van der Waals surface area contributed by atoms with Crippen LogP contribution in [0.15, 0.2) is 83.8 Å². The number of carbonyl (C=O) groups excluding carboxylic acids is 1. The number of nitrogens with one attached hydrogen (secondary N) is 1. The summed E-state index contributed by atoms with van der Waals surface area (Å²) in [6.07, 6.45) is 1.77. The Morgan fingerprint density at radius 2 is 1.84 bits per heavy atom. The summed E-state index contributed by atoms with van der Waals surface area (Å²) < 4.78 is 1.30. The number of aliphatic hydroxyl groups is 1. The van der Waals surface area contributed by atoms with Gasteiger partial charge in [0.1, 0.15) is 0 Å². The molecule has 4 aromatic rings. The summed E-state index contributed by atoms with van der Waals surface area (Å²) >= 11 is 6.06. The minimum absolute atomic E-state index is 0.106. The molecule has 0 aliphatic heterocycles. The van der Waals surface area contributed by atoms with E-state index in [1.165, 1.54) is 29.1 Å². The van der Waals surface area contributed by atoms with Crippen LogP contribution < -0.4 is 10.9 Å². The molecular formula is C28H25ClN4O5. The van der Waals surface area contributed by atoms with Crippen LogP contribution >= 0.6 is 11.6 Å². The molecule has 9 nitrogen and oxygen atoms in total. The van der Waals surface area contributed by atoms with Crippen molar-refractivity contribution in [1.29, 1.82) is 0 Å². The molecule has 10 heteroatoms. The lowest BCUT2D eigenvalue weighted by atomic mass is 10.00. The predicted molar refractivity (Wildman–Crippen MR) is 144 cm³/mol. The molecule has 0 fully saturated rings. The third kappa shape index (κ3) is 6.50. The predicted octanol–water partition coefficient (Wildman–Crippen LogP) is 4.07. The molecule has 0 atom stereocenters. The zero-order valence-corrected chi connectivity index (χ0v) is 21.1. The highest BCUT2D eigenvalue weighted by Gasteiger charge is 2.19. The van der Waals surface area contributed by atoms with E-state index in [9.17, 15) is 24.8 Å². The zero-order valence-electron chi connectivity index (χ0n) is 20.3. The number of non-ortho nitro benzene ring substituents is 1. The summed E-state index contributed by atoms with van der Waals surface area (Å²) in [5, 5.41) is 28.4. The van der Waals surface area contributed by atoms with E-state index in [1.54, 1.807) is 24.3 Å². The molecule has 1 aromatic heterocycles. The highest BCUT2D eigenvalue weighted by atomic mass is 35.5. The maximum Gasteiger partial charge on any atom is 0.271 e. The van der Waals surface area contributed by atoms with Gasteiger partial charge in [-0.2, -0.15) is 5.10 Å². The second-order valence-electron chi connectivity index (χ2n) is 8.63. The largest absolute Gasteiger partial charge is 0.392 e. The average molecular weight is 533 g/mol. The Hall–Kier alpha value is -4.34. The van der Waals surface area contributed by atoms with Gasteiger partial charge in [0.05, 0.1) is 24.1 Å². The van der Waals surface area contributed by atoms with Crippen LogP contribution in [0.3, 0.4) is 0 Å². The maximum atomic E-state index is 13.5. The van der Waals surface area contributed by atoms with Gasteiger partial charge in [-0.15, -0.1) is 0 Å². The first-order valence-corrected chi connectivity index (χ1v) is 12.3. The van der Waals surface area contributed by atoms with Crippen molar-refractivity contribution in [1.82, 2.24) is 15.1 Å². The molecule has 0 bridgehead atoms. The van der Waals surface area contributed by atoms with Gasteiger partial charge in [-0.25, -0.2) is 4.68 Å². The Kier molecular flexibility index (Phi) is 8.62. The molecule has 1 heterocycles. The molecule has 0 radical (unpaired) electrons. The van der Waals surface area contributed by atoms with Crippen LogP contribution in [0.25, 0.3) is 11.1 Å². The lowest BCUT2D eigenvalue weighted by Gasteiger charge is -2.14. The van der Waals surface area contributed by atoms with E-state index in [2.05, 4.69) is 10.4 Å². The van der Waals surface area contributed by atoms with Crippen molar-refractivity contribution in [2.75, 3.05) is 0 Å². The van der Waals surface area contributed by atoms with Crippen LogP contribution in [0.1, 0.15) is 22.3 Å². The first-order chi connectivity index (χ1) is 18.4. The number of aryl methyl sites for hydroxylation is 2. The number of hydrogen-bond acceptors (Lipinski definition) is 6. The van der Waals surface area contributed by atoms with Gasteiger partial charge in [-0.1, -0.05) is 60.1 Å². The topological polar surface area (TPSA) is 127 Å². The van der Waals surface area contributed by atoms with Crippen molar-refractivity contribution in [2.45, 2.75) is 32.5 Å². The Labute approximate surface area is 223 Å². The van der Waals surface area contributed by atoms with Gasteiger partial charge < -0.3 is 10.4 Å². The number of hydrogen-bond donors (Lipinski definition) is 2. The summed E-state index contributed by atoms with van der Waals surface area (Å²) in [6.45, 7) is 0.194. The van der Waals surface area contributed by atoms with E-state index in [0.717, 1.165) is 5.56 Å². The molecule has 3 aromatic carbocycles. The third-order valence-electron chi connectivity index (χ3n) is 6.12. The average Bonchev–Trinajstić information content (AvgIpc) is 2.93. The minimum Gasteiger partial charge on any atom is -0.392 e. The van der Waals surface area contributed by atoms with E-state index in [4.69, 9.17) is 11.6 Å². The van der Waals surface area contributed by atoms with Gasteiger partial charge in [-0.05, 0) is 40.8 Å². The molecule has 0 saturated carbocycles. The summed E-state index contributed by atoms with van der Waals surface area (Å²) in [4.78, 5) is 37.3. The number of carbonyl (C=O) groups is 1. The van der Waals surface area contributed by atoms with E-state index < -0.39 is 16.4 Å². The molecule has 194 valence electrons. The highest BCUT2D eigenvalue weighted by molar-refractivity contribution is 6.30. The number of nitro benzene ring substituents is 1. The molecule has 1 amide bonds. The minimum atomic E-state index is -0.520. The number of aromatic nitrogens is 2. The number of rotatable bonds is 10. The van der Waals surface area contributed by atoms with Crippen LogP contribution in [-0.2, 0) is 37.3 Å². The fourth-order valence-electron chi connectivity index (χ4n) is 4.10. The summed E-state index contributed by atoms with van der Waals surface area (Å²) in [6, 6.07) is 20.5. The van der Waals surface area contributed by atoms with Crippen molar-refractivity contribution in [3.8, 4) is 11.1 Å². The normalized spacial score (nSPS) is 10.8. The van der Waals surface area contributed by atoms with Crippen molar-refractivity contribution < 1.29 is 14.8 Å². The van der Waals surface area contributed by atoms with Crippen molar-refractivity contribution >= 4 is 23.2 Å². The number of benzene rings is 3. The quantitative estimate of drug-likeness (QED) is 0.234. The molecule has 0 spiro atoms. The molecule has 0 unspecified atom stereocenters. The number of nitro groups is 1. The van der Waals surface area contributed by atoms with Crippen LogP contribution in [0.4, 0.5) is 5.69 Å². The number of halogens is 1. The Balaban J connectivity index is 1.64. The Bertz CT molecular complexity index is 1520. The molecule has 0 saturated heterocycles. The fourth-order valence-corrected chi connectivity index (χ4v) is 4.30. The number of aliphatic hydroxyl groups excluding tert-OH is 1. The van der Waals surface area contributed by atoms with Crippen molar-refractivity contribution in [3.63, 3.8) is 0 Å².